The van der Waals surface area contributed by atoms with Gasteiger partial charge in [-0.2, -0.15) is 0 Å². The van der Waals surface area contributed by atoms with Crippen molar-refractivity contribution in [1.29, 1.82) is 0 Å². The largest absolute Gasteiger partial charge is 0.493 e. The molecule has 2 rings (SSSR count). The number of nitrogens with zero attached hydrogens (tertiary/aromatic N) is 1. The van der Waals surface area contributed by atoms with E-state index in [0.717, 1.165) is 5.56 Å². The van der Waals surface area contributed by atoms with Gasteiger partial charge in [-0.1, -0.05) is 19.9 Å². The van der Waals surface area contributed by atoms with Crippen LogP contribution in [0.3, 0.4) is 0 Å². The minimum Gasteiger partial charge on any atom is -0.493 e. The molecule has 0 fully saturated rings. The van der Waals surface area contributed by atoms with Gasteiger partial charge in [0.1, 0.15) is 0 Å². The summed E-state index contributed by atoms with van der Waals surface area (Å²) in [7, 11) is 3.22. The number of anilines is 1. The SMILES string of the molecule is COc1ccc(C(C)(C)CNc2ccncc2C(N)=O)cc1OC. The molecule has 0 spiro atoms. The molecule has 0 atom stereocenters. The van der Waals surface area contributed by atoms with Crippen molar-refractivity contribution in [2.75, 3.05) is 26.1 Å². The van der Waals surface area contributed by atoms with Crippen molar-refractivity contribution >= 4 is 11.6 Å². The Kier molecular flexibility index (Phi) is 5.28. The van der Waals surface area contributed by atoms with E-state index in [2.05, 4.69) is 24.1 Å². The van der Waals surface area contributed by atoms with Crippen LogP contribution in [0.15, 0.2) is 36.7 Å². The first-order valence-corrected chi connectivity index (χ1v) is 7.59. The number of rotatable bonds is 7. The lowest BCUT2D eigenvalue weighted by Crippen LogP contribution is -2.28. The highest BCUT2D eigenvalue weighted by atomic mass is 16.5. The number of aromatic nitrogens is 1. The minimum absolute atomic E-state index is 0.211. The summed E-state index contributed by atoms with van der Waals surface area (Å²) in [4.78, 5) is 15.4. The van der Waals surface area contributed by atoms with Crippen LogP contribution in [0, 0.1) is 0 Å². The van der Waals surface area contributed by atoms with Crippen molar-refractivity contribution in [3.63, 3.8) is 0 Å². The lowest BCUT2D eigenvalue weighted by molar-refractivity contribution is 0.100. The normalized spacial score (nSPS) is 11.0. The summed E-state index contributed by atoms with van der Waals surface area (Å²) in [6.07, 6.45) is 3.09. The van der Waals surface area contributed by atoms with E-state index in [1.54, 1.807) is 26.5 Å². The van der Waals surface area contributed by atoms with Gasteiger partial charge in [0.05, 0.1) is 25.5 Å². The van der Waals surface area contributed by atoms with Crippen molar-refractivity contribution in [1.82, 2.24) is 4.98 Å². The van der Waals surface area contributed by atoms with Gasteiger partial charge in [-0.25, -0.2) is 0 Å². The third-order valence-corrected chi connectivity index (χ3v) is 3.97. The van der Waals surface area contributed by atoms with Crippen LogP contribution in [-0.4, -0.2) is 31.7 Å². The number of primary amides is 1. The molecule has 0 aliphatic carbocycles. The molecule has 0 radical (unpaired) electrons. The summed E-state index contributed by atoms with van der Waals surface area (Å²) in [6.45, 7) is 4.81. The number of nitrogens with two attached hydrogens (primary N) is 1. The highest BCUT2D eigenvalue weighted by molar-refractivity contribution is 5.98. The maximum absolute atomic E-state index is 11.5. The second-order valence-electron chi connectivity index (χ2n) is 6.09. The van der Waals surface area contributed by atoms with E-state index in [0.29, 0.717) is 29.3 Å². The van der Waals surface area contributed by atoms with Crippen LogP contribution in [0.4, 0.5) is 5.69 Å². The van der Waals surface area contributed by atoms with Crippen molar-refractivity contribution in [2.45, 2.75) is 19.3 Å². The molecule has 0 unspecified atom stereocenters. The third-order valence-electron chi connectivity index (χ3n) is 3.97. The Bertz CT molecular complexity index is 729. The van der Waals surface area contributed by atoms with Gasteiger partial charge in [0.15, 0.2) is 11.5 Å². The molecule has 3 N–H and O–H groups in total. The Hall–Kier alpha value is -2.76. The molecule has 1 amide bonds. The molecule has 6 nitrogen and oxygen atoms in total. The van der Waals surface area contributed by atoms with Crippen molar-refractivity contribution in [3.8, 4) is 11.5 Å². The highest BCUT2D eigenvalue weighted by Gasteiger charge is 2.23. The number of benzene rings is 1. The number of ether oxygens (including phenoxy) is 2. The summed E-state index contributed by atoms with van der Waals surface area (Å²) in [6, 6.07) is 7.59. The van der Waals surface area contributed by atoms with E-state index in [1.165, 1.54) is 6.20 Å². The van der Waals surface area contributed by atoms with Gasteiger partial charge in [0.2, 0.25) is 0 Å². The van der Waals surface area contributed by atoms with Crippen molar-refractivity contribution in [2.24, 2.45) is 5.73 Å². The molecule has 0 saturated heterocycles. The Morgan fingerprint density at radius 3 is 2.54 bits per heavy atom. The first kappa shape index (κ1) is 17.6. The fourth-order valence-electron chi connectivity index (χ4n) is 2.42. The van der Waals surface area contributed by atoms with Gasteiger partial charge in [0, 0.05) is 24.4 Å². The molecule has 6 heteroatoms. The molecule has 1 aromatic carbocycles. The molecule has 0 bridgehead atoms. The van der Waals surface area contributed by atoms with E-state index >= 15 is 0 Å². The predicted molar refractivity (Wildman–Crippen MR) is 93.8 cm³/mol. The lowest BCUT2D eigenvalue weighted by atomic mass is 9.84. The molecule has 1 aromatic heterocycles. The van der Waals surface area contributed by atoms with E-state index in [-0.39, 0.29) is 5.41 Å². The van der Waals surface area contributed by atoms with Crippen LogP contribution < -0.4 is 20.5 Å². The van der Waals surface area contributed by atoms with Crippen LogP contribution in [-0.2, 0) is 5.41 Å². The fourth-order valence-corrected chi connectivity index (χ4v) is 2.42. The number of pyridine rings is 1. The average molecular weight is 329 g/mol. The summed E-state index contributed by atoms with van der Waals surface area (Å²) in [5.74, 6) is 0.870. The molecular weight excluding hydrogens is 306 g/mol. The number of carbonyl (C=O) groups excluding carboxylic acids is 1. The van der Waals surface area contributed by atoms with Crippen molar-refractivity contribution < 1.29 is 14.3 Å². The van der Waals surface area contributed by atoms with E-state index < -0.39 is 5.91 Å². The maximum atomic E-state index is 11.5. The first-order valence-electron chi connectivity index (χ1n) is 7.59. The van der Waals surface area contributed by atoms with Gasteiger partial charge in [0.25, 0.3) is 5.91 Å². The molecule has 0 saturated carbocycles. The van der Waals surface area contributed by atoms with Crippen LogP contribution >= 0.6 is 0 Å². The van der Waals surface area contributed by atoms with Gasteiger partial charge >= 0.3 is 0 Å². The van der Waals surface area contributed by atoms with Gasteiger partial charge < -0.3 is 20.5 Å². The second kappa shape index (κ2) is 7.21. The summed E-state index contributed by atoms with van der Waals surface area (Å²) in [5.41, 5.74) is 7.31. The predicted octanol–water partition coefficient (Wildman–Crippen LogP) is 2.59. The van der Waals surface area contributed by atoms with Gasteiger partial charge in [-0.3, -0.25) is 9.78 Å². The second-order valence-corrected chi connectivity index (χ2v) is 6.09. The Balaban J connectivity index is 2.21. The van der Waals surface area contributed by atoms with E-state index in [1.807, 2.05) is 18.2 Å². The number of hydrogen-bond acceptors (Lipinski definition) is 5. The zero-order valence-corrected chi connectivity index (χ0v) is 14.4. The van der Waals surface area contributed by atoms with E-state index in [4.69, 9.17) is 15.2 Å². The average Bonchev–Trinajstić information content (AvgIpc) is 2.59. The Labute approximate surface area is 142 Å². The zero-order valence-electron chi connectivity index (χ0n) is 14.4. The molecule has 1 heterocycles. The molecule has 24 heavy (non-hydrogen) atoms. The van der Waals surface area contributed by atoms with Crippen LogP contribution in [0.5, 0.6) is 11.5 Å². The number of hydrogen-bond donors (Lipinski definition) is 2. The fraction of sp³-hybridized carbons (Fsp3) is 0.333. The maximum Gasteiger partial charge on any atom is 0.252 e. The quantitative estimate of drug-likeness (QED) is 0.815. The highest BCUT2D eigenvalue weighted by Crippen LogP contribution is 2.33. The van der Waals surface area contributed by atoms with Crippen LogP contribution in [0.25, 0.3) is 0 Å². The lowest BCUT2D eigenvalue weighted by Gasteiger charge is -2.27. The molecular formula is C18H23N3O3. The third kappa shape index (κ3) is 3.76. The monoisotopic (exact) mass is 329 g/mol. The standard InChI is InChI=1S/C18H23N3O3/c1-18(2,12-5-6-15(23-3)16(9-12)24-4)11-21-14-7-8-20-10-13(14)17(19)22/h5-10H,11H2,1-4H3,(H2,19,22)(H,20,21). The summed E-state index contributed by atoms with van der Waals surface area (Å²) >= 11 is 0. The summed E-state index contributed by atoms with van der Waals surface area (Å²) in [5, 5.41) is 3.29. The Morgan fingerprint density at radius 2 is 1.92 bits per heavy atom. The topological polar surface area (TPSA) is 86.5 Å². The smallest absolute Gasteiger partial charge is 0.252 e. The number of methoxy groups -OCH3 is 2. The number of nitrogens with one attached hydrogen (secondary N) is 1. The van der Waals surface area contributed by atoms with Crippen LogP contribution in [0.2, 0.25) is 0 Å². The molecule has 128 valence electrons. The molecule has 0 aliphatic heterocycles. The zero-order chi connectivity index (χ0) is 17.7. The van der Waals surface area contributed by atoms with Gasteiger partial charge in [-0.15, -0.1) is 0 Å². The molecule has 0 aliphatic rings. The van der Waals surface area contributed by atoms with Crippen molar-refractivity contribution in [3.05, 3.63) is 47.8 Å². The van der Waals surface area contributed by atoms with Gasteiger partial charge in [-0.05, 0) is 23.8 Å². The summed E-state index contributed by atoms with van der Waals surface area (Å²) < 4.78 is 10.6. The minimum atomic E-state index is -0.505. The Morgan fingerprint density at radius 1 is 1.21 bits per heavy atom. The first-order chi connectivity index (χ1) is 11.4. The number of carbonyl (C=O) groups is 1. The van der Waals surface area contributed by atoms with E-state index in [9.17, 15) is 4.79 Å². The molecule has 2 aromatic rings. The van der Waals surface area contributed by atoms with Crippen LogP contribution in [0.1, 0.15) is 29.8 Å². The number of amides is 1.